The number of hydrogen-bond donors (Lipinski definition) is 1. The molecule has 0 aliphatic heterocycles. The van der Waals surface area contributed by atoms with Crippen LogP contribution in [0.2, 0.25) is 0 Å². The number of rotatable bonds is 4. The summed E-state index contributed by atoms with van der Waals surface area (Å²) in [6, 6.07) is 7.46. The molecule has 0 bridgehead atoms. The van der Waals surface area contributed by atoms with E-state index in [-0.39, 0.29) is 0 Å². The highest BCUT2D eigenvalue weighted by molar-refractivity contribution is 7.98. The van der Waals surface area contributed by atoms with Crippen LogP contribution < -0.4 is 5.32 Å². The number of thioether (sulfide) groups is 1. The molecule has 0 saturated heterocycles. The highest BCUT2D eigenvalue weighted by Gasteiger charge is 2.28. The van der Waals surface area contributed by atoms with Gasteiger partial charge in [-0.2, -0.15) is 11.8 Å². The van der Waals surface area contributed by atoms with Crippen LogP contribution in [-0.2, 0) is 6.42 Å². The van der Waals surface area contributed by atoms with Crippen LogP contribution in [0.5, 0.6) is 0 Å². The molecule has 2 unspecified atom stereocenters. The Labute approximate surface area is 103 Å². The number of aryl methyl sites for hydroxylation is 1. The van der Waals surface area contributed by atoms with Crippen LogP contribution in [0.3, 0.4) is 0 Å². The van der Waals surface area contributed by atoms with Gasteiger partial charge in [-0.15, -0.1) is 0 Å². The van der Waals surface area contributed by atoms with Crippen LogP contribution in [0.25, 0.3) is 0 Å². The monoisotopic (exact) mass is 235 g/mol. The van der Waals surface area contributed by atoms with Crippen LogP contribution in [-0.4, -0.2) is 18.6 Å². The Kier molecular flexibility index (Phi) is 3.93. The van der Waals surface area contributed by atoms with Gasteiger partial charge in [0.25, 0.3) is 0 Å². The Bertz CT molecular complexity index is 362. The average Bonchev–Trinajstić information content (AvgIpc) is 2.56. The molecule has 1 aliphatic carbocycles. The molecule has 1 aliphatic rings. The third-order valence-corrected chi connectivity index (χ3v) is 4.03. The van der Waals surface area contributed by atoms with E-state index in [1.165, 1.54) is 23.3 Å². The molecule has 1 N–H and O–H groups in total. The standard InChI is InChI=1S/C14H21NS/c1-10-4-5-12-9-11(2)14(13(12)8-10)15-6-7-16-3/h4-5,8,11,14-15H,6-7,9H2,1-3H3. The third-order valence-electron chi connectivity index (χ3n) is 3.42. The fourth-order valence-corrected chi connectivity index (χ4v) is 2.91. The molecular weight excluding hydrogens is 214 g/mol. The number of fused-ring (bicyclic) bond motifs is 1. The van der Waals surface area contributed by atoms with Crippen molar-refractivity contribution in [2.24, 2.45) is 5.92 Å². The topological polar surface area (TPSA) is 12.0 Å². The second-order valence-corrected chi connectivity index (χ2v) is 5.79. The van der Waals surface area contributed by atoms with Gasteiger partial charge in [-0.3, -0.25) is 0 Å². The van der Waals surface area contributed by atoms with E-state index >= 15 is 0 Å². The summed E-state index contributed by atoms with van der Waals surface area (Å²) in [4.78, 5) is 0. The van der Waals surface area contributed by atoms with E-state index in [1.807, 2.05) is 11.8 Å². The van der Waals surface area contributed by atoms with Gasteiger partial charge in [-0.25, -0.2) is 0 Å². The Hall–Kier alpha value is -0.470. The SMILES string of the molecule is CSCCNC1c2cc(C)ccc2CC1C. The molecular formula is C14H21NS. The van der Waals surface area contributed by atoms with Crippen LogP contribution in [0.15, 0.2) is 18.2 Å². The minimum absolute atomic E-state index is 0.571. The zero-order valence-corrected chi connectivity index (χ0v) is 11.2. The molecule has 0 amide bonds. The maximum atomic E-state index is 3.69. The van der Waals surface area contributed by atoms with Crippen molar-refractivity contribution in [3.05, 3.63) is 34.9 Å². The van der Waals surface area contributed by atoms with Crippen molar-refractivity contribution < 1.29 is 0 Å². The van der Waals surface area contributed by atoms with E-state index in [4.69, 9.17) is 0 Å². The summed E-state index contributed by atoms with van der Waals surface area (Å²) in [5.41, 5.74) is 4.46. The van der Waals surface area contributed by atoms with Crippen molar-refractivity contribution in [3.8, 4) is 0 Å². The molecule has 16 heavy (non-hydrogen) atoms. The van der Waals surface area contributed by atoms with Gasteiger partial charge in [0.05, 0.1) is 0 Å². The highest BCUT2D eigenvalue weighted by atomic mass is 32.2. The van der Waals surface area contributed by atoms with Crippen molar-refractivity contribution in [3.63, 3.8) is 0 Å². The van der Waals surface area contributed by atoms with E-state index < -0.39 is 0 Å². The first-order chi connectivity index (χ1) is 7.72. The van der Waals surface area contributed by atoms with Gasteiger partial charge < -0.3 is 5.32 Å². The molecule has 0 heterocycles. The van der Waals surface area contributed by atoms with E-state index in [2.05, 4.69) is 43.6 Å². The second-order valence-electron chi connectivity index (χ2n) is 4.81. The molecule has 0 aromatic heterocycles. The number of benzene rings is 1. The Balaban J connectivity index is 2.11. The molecule has 2 heteroatoms. The van der Waals surface area contributed by atoms with Crippen molar-refractivity contribution in [2.75, 3.05) is 18.6 Å². The van der Waals surface area contributed by atoms with Crippen molar-refractivity contribution in [1.29, 1.82) is 0 Å². The molecule has 2 rings (SSSR count). The van der Waals surface area contributed by atoms with Gasteiger partial charge in [-0.1, -0.05) is 30.7 Å². The highest BCUT2D eigenvalue weighted by Crippen LogP contribution is 2.36. The minimum Gasteiger partial charge on any atom is -0.309 e. The first kappa shape index (κ1) is 12.0. The van der Waals surface area contributed by atoms with Crippen LogP contribution in [0, 0.1) is 12.8 Å². The van der Waals surface area contributed by atoms with Crippen LogP contribution >= 0.6 is 11.8 Å². The van der Waals surface area contributed by atoms with E-state index in [0.717, 1.165) is 12.5 Å². The molecule has 0 fully saturated rings. The Morgan fingerprint density at radius 1 is 1.44 bits per heavy atom. The summed E-state index contributed by atoms with van der Waals surface area (Å²) in [5, 5.41) is 3.69. The van der Waals surface area contributed by atoms with Crippen molar-refractivity contribution in [2.45, 2.75) is 26.3 Å². The first-order valence-electron chi connectivity index (χ1n) is 6.04. The van der Waals surface area contributed by atoms with Gasteiger partial charge in [-0.05, 0) is 36.6 Å². The second kappa shape index (κ2) is 5.24. The molecule has 0 spiro atoms. The van der Waals surface area contributed by atoms with Gasteiger partial charge in [0, 0.05) is 18.3 Å². The maximum Gasteiger partial charge on any atom is 0.0352 e. The van der Waals surface area contributed by atoms with Crippen molar-refractivity contribution >= 4 is 11.8 Å². The van der Waals surface area contributed by atoms with E-state index in [0.29, 0.717) is 6.04 Å². The summed E-state index contributed by atoms with van der Waals surface area (Å²) in [7, 11) is 0. The van der Waals surface area contributed by atoms with Crippen molar-refractivity contribution in [1.82, 2.24) is 5.32 Å². The average molecular weight is 235 g/mol. The summed E-state index contributed by atoms with van der Waals surface area (Å²) in [5.74, 6) is 1.93. The predicted octanol–water partition coefficient (Wildman–Crippen LogP) is 3.18. The van der Waals surface area contributed by atoms with E-state index in [9.17, 15) is 0 Å². The zero-order chi connectivity index (χ0) is 11.5. The van der Waals surface area contributed by atoms with Gasteiger partial charge in [0.2, 0.25) is 0 Å². The summed E-state index contributed by atoms with van der Waals surface area (Å²) in [6.07, 6.45) is 3.39. The van der Waals surface area contributed by atoms with E-state index in [1.54, 1.807) is 5.56 Å². The fourth-order valence-electron chi connectivity index (χ4n) is 2.59. The third kappa shape index (κ3) is 2.44. The molecule has 88 valence electrons. The number of nitrogens with one attached hydrogen (secondary N) is 1. The van der Waals surface area contributed by atoms with Crippen LogP contribution in [0.1, 0.15) is 29.7 Å². The molecule has 0 radical (unpaired) electrons. The zero-order valence-electron chi connectivity index (χ0n) is 10.4. The molecule has 1 aromatic rings. The van der Waals surface area contributed by atoms with Gasteiger partial charge >= 0.3 is 0 Å². The molecule has 2 atom stereocenters. The quantitative estimate of drug-likeness (QED) is 0.804. The maximum absolute atomic E-state index is 3.69. The summed E-state index contributed by atoms with van der Waals surface area (Å²) in [6.45, 7) is 5.65. The smallest absolute Gasteiger partial charge is 0.0352 e. The van der Waals surface area contributed by atoms with Gasteiger partial charge in [0.1, 0.15) is 0 Å². The predicted molar refractivity (Wildman–Crippen MR) is 73.2 cm³/mol. The lowest BCUT2D eigenvalue weighted by Gasteiger charge is -2.18. The number of hydrogen-bond acceptors (Lipinski definition) is 2. The lowest BCUT2D eigenvalue weighted by Crippen LogP contribution is -2.26. The fraction of sp³-hybridized carbons (Fsp3) is 0.571. The van der Waals surface area contributed by atoms with Gasteiger partial charge in [0.15, 0.2) is 0 Å². The Morgan fingerprint density at radius 3 is 3.00 bits per heavy atom. The molecule has 0 saturated carbocycles. The van der Waals surface area contributed by atoms with Crippen LogP contribution in [0.4, 0.5) is 0 Å². The summed E-state index contributed by atoms with van der Waals surface area (Å²) < 4.78 is 0. The lowest BCUT2D eigenvalue weighted by atomic mass is 10.0. The molecule has 1 nitrogen and oxygen atoms in total. The summed E-state index contributed by atoms with van der Waals surface area (Å²) >= 11 is 1.91. The molecule has 1 aromatic carbocycles. The minimum atomic E-state index is 0.571. The normalized spacial score (nSPS) is 23.4. The first-order valence-corrected chi connectivity index (χ1v) is 7.43. The Morgan fingerprint density at radius 2 is 2.25 bits per heavy atom. The lowest BCUT2D eigenvalue weighted by molar-refractivity contribution is 0.427. The largest absolute Gasteiger partial charge is 0.309 e.